The summed E-state index contributed by atoms with van der Waals surface area (Å²) in [4.78, 5) is 13.1. The van der Waals surface area contributed by atoms with Crippen molar-refractivity contribution in [3.63, 3.8) is 0 Å². The lowest BCUT2D eigenvalue weighted by atomic mass is 10.1. The second-order valence-electron chi connectivity index (χ2n) is 6.42. The molecule has 0 radical (unpaired) electrons. The van der Waals surface area contributed by atoms with Gasteiger partial charge in [-0.3, -0.25) is 4.98 Å². The number of fused-ring (bicyclic) bond motifs is 2. The van der Waals surface area contributed by atoms with Gasteiger partial charge in [0.2, 0.25) is 0 Å². The maximum absolute atomic E-state index is 14.5. The van der Waals surface area contributed by atoms with Gasteiger partial charge in [0, 0.05) is 39.9 Å². The first-order chi connectivity index (χ1) is 13.6. The lowest BCUT2D eigenvalue weighted by Crippen LogP contribution is -2.01. The van der Waals surface area contributed by atoms with E-state index in [0.717, 1.165) is 27.7 Å². The van der Waals surface area contributed by atoms with Crippen LogP contribution in [0.3, 0.4) is 0 Å². The number of hydrogen-bond acceptors (Lipinski definition) is 4. The third-order valence-electron chi connectivity index (χ3n) is 4.66. The summed E-state index contributed by atoms with van der Waals surface area (Å²) >= 11 is 6.09. The largest absolute Gasteiger partial charge is 0.264 e. The predicted molar refractivity (Wildman–Crippen MR) is 107 cm³/mol. The third kappa shape index (κ3) is 2.61. The first-order valence-electron chi connectivity index (χ1n) is 8.63. The highest BCUT2D eigenvalue weighted by atomic mass is 35.5. The summed E-state index contributed by atoms with van der Waals surface area (Å²) in [7, 11) is 0. The van der Waals surface area contributed by atoms with Crippen molar-refractivity contribution in [3.8, 4) is 16.9 Å². The molecule has 5 rings (SSSR count). The molecule has 0 N–H and O–H groups in total. The first-order valence-corrected chi connectivity index (χ1v) is 9.00. The zero-order valence-corrected chi connectivity index (χ0v) is 15.5. The van der Waals surface area contributed by atoms with Crippen LogP contribution in [-0.4, -0.2) is 24.7 Å². The number of pyridine rings is 3. The molecule has 1 aromatic carbocycles. The zero-order chi connectivity index (χ0) is 19.3. The van der Waals surface area contributed by atoms with Crippen molar-refractivity contribution in [2.24, 2.45) is 0 Å². The number of rotatable bonds is 2. The fraction of sp³-hybridized carbons (Fsp3) is 0.0476. The van der Waals surface area contributed by atoms with Crippen molar-refractivity contribution in [2.75, 3.05) is 0 Å². The Balaban J connectivity index is 1.87. The fourth-order valence-electron chi connectivity index (χ4n) is 3.34. The van der Waals surface area contributed by atoms with Crippen LogP contribution in [0.1, 0.15) is 5.69 Å². The molecule has 0 saturated heterocycles. The van der Waals surface area contributed by atoms with Crippen molar-refractivity contribution in [3.05, 3.63) is 77.6 Å². The Labute approximate surface area is 164 Å². The van der Waals surface area contributed by atoms with E-state index in [0.29, 0.717) is 21.9 Å². The quantitative estimate of drug-likeness (QED) is 0.420. The summed E-state index contributed by atoms with van der Waals surface area (Å²) in [5.41, 5.74) is 3.78. The molecule has 136 valence electrons. The maximum atomic E-state index is 14.5. The van der Waals surface area contributed by atoms with Gasteiger partial charge in [-0.2, -0.15) is 5.10 Å². The second-order valence-corrected chi connectivity index (χ2v) is 6.85. The van der Waals surface area contributed by atoms with Gasteiger partial charge in [-0.25, -0.2) is 19.0 Å². The Bertz CT molecular complexity index is 1360. The highest BCUT2D eigenvalue weighted by Gasteiger charge is 2.16. The van der Waals surface area contributed by atoms with Crippen molar-refractivity contribution in [1.29, 1.82) is 0 Å². The van der Waals surface area contributed by atoms with Gasteiger partial charge in [0.05, 0.1) is 22.6 Å². The van der Waals surface area contributed by atoms with Crippen LogP contribution in [0.5, 0.6) is 0 Å². The molecule has 5 aromatic rings. The summed E-state index contributed by atoms with van der Waals surface area (Å²) in [5.74, 6) is -0.399. The van der Waals surface area contributed by atoms with Gasteiger partial charge in [0.1, 0.15) is 5.82 Å². The summed E-state index contributed by atoms with van der Waals surface area (Å²) in [6, 6.07) is 11.9. The third-order valence-corrected chi connectivity index (χ3v) is 4.90. The molecule has 4 heterocycles. The number of aryl methyl sites for hydroxylation is 1. The van der Waals surface area contributed by atoms with Crippen LogP contribution >= 0.6 is 11.6 Å². The molecule has 0 fully saturated rings. The van der Waals surface area contributed by atoms with E-state index in [1.807, 2.05) is 35.9 Å². The van der Waals surface area contributed by atoms with Crippen LogP contribution in [0.15, 0.2) is 61.1 Å². The molecule has 28 heavy (non-hydrogen) atoms. The number of benzene rings is 1. The number of nitrogens with zero attached hydrogens (tertiary/aromatic N) is 5. The zero-order valence-electron chi connectivity index (χ0n) is 14.8. The molecule has 4 aromatic heterocycles. The molecule has 0 aliphatic rings. The lowest BCUT2D eigenvalue weighted by Gasteiger charge is -2.11. The number of aromatic nitrogens is 5. The molecule has 0 spiro atoms. The Morgan fingerprint density at radius 1 is 1.04 bits per heavy atom. The molecule has 0 amide bonds. The SMILES string of the molecule is Cc1nn(-c2cc(-c3cc(Cl)ccc3F)nc3ncccc23)c2ccncc12. The van der Waals surface area contributed by atoms with Crippen LogP contribution in [0.25, 0.3) is 38.9 Å². The highest BCUT2D eigenvalue weighted by molar-refractivity contribution is 6.30. The number of hydrogen-bond donors (Lipinski definition) is 0. The van der Waals surface area contributed by atoms with E-state index >= 15 is 0 Å². The van der Waals surface area contributed by atoms with Gasteiger partial charge >= 0.3 is 0 Å². The summed E-state index contributed by atoms with van der Waals surface area (Å²) in [6.45, 7) is 1.93. The van der Waals surface area contributed by atoms with Gasteiger partial charge < -0.3 is 0 Å². The van der Waals surface area contributed by atoms with Crippen molar-refractivity contribution in [2.45, 2.75) is 6.92 Å². The molecular formula is C21H13ClFN5. The van der Waals surface area contributed by atoms with Gasteiger partial charge in [-0.1, -0.05) is 11.6 Å². The van der Waals surface area contributed by atoms with Crippen LogP contribution in [-0.2, 0) is 0 Å². The smallest absolute Gasteiger partial charge is 0.161 e. The minimum atomic E-state index is -0.399. The van der Waals surface area contributed by atoms with Crippen LogP contribution in [0.2, 0.25) is 5.02 Å². The Morgan fingerprint density at radius 2 is 1.93 bits per heavy atom. The molecule has 0 aliphatic heterocycles. The molecule has 5 nitrogen and oxygen atoms in total. The van der Waals surface area contributed by atoms with Gasteiger partial charge in [0.25, 0.3) is 0 Å². The van der Waals surface area contributed by atoms with E-state index in [2.05, 4.69) is 20.1 Å². The van der Waals surface area contributed by atoms with Crippen molar-refractivity contribution >= 4 is 33.5 Å². The lowest BCUT2D eigenvalue weighted by molar-refractivity contribution is 0.631. The van der Waals surface area contributed by atoms with E-state index in [1.54, 1.807) is 24.7 Å². The fourth-order valence-corrected chi connectivity index (χ4v) is 3.51. The minimum Gasteiger partial charge on any atom is -0.264 e. The Hall–Kier alpha value is -3.38. The summed E-state index contributed by atoms with van der Waals surface area (Å²) in [6.07, 6.45) is 5.17. The molecule has 0 saturated carbocycles. The average Bonchev–Trinajstić information content (AvgIpc) is 3.06. The Kier molecular flexibility index (Phi) is 3.80. The Morgan fingerprint density at radius 3 is 2.82 bits per heavy atom. The number of halogens is 2. The predicted octanol–water partition coefficient (Wildman–Crippen LogP) is 5.13. The summed E-state index contributed by atoms with van der Waals surface area (Å²) < 4.78 is 16.3. The molecular weight excluding hydrogens is 377 g/mol. The van der Waals surface area contributed by atoms with E-state index in [9.17, 15) is 4.39 Å². The van der Waals surface area contributed by atoms with Gasteiger partial charge in [-0.05, 0) is 49.4 Å². The van der Waals surface area contributed by atoms with Crippen LogP contribution < -0.4 is 0 Å². The van der Waals surface area contributed by atoms with Gasteiger partial charge in [-0.15, -0.1) is 0 Å². The summed E-state index contributed by atoms with van der Waals surface area (Å²) in [5, 5.41) is 6.89. The molecule has 0 unspecified atom stereocenters. The van der Waals surface area contributed by atoms with E-state index in [-0.39, 0.29) is 0 Å². The molecule has 7 heteroatoms. The first kappa shape index (κ1) is 16.8. The van der Waals surface area contributed by atoms with E-state index < -0.39 is 5.82 Å². The maximum Gasteiger partial charge on any atom is 0.161 e. The van der Waals surface area contributed by atoms with Crippen molar-refractivity contribution in [1.82, 2.24) is 24.7 Å². The van der Waals surface area contributed by atoms with Crippen LogP contribution in [0.4, 0.5) is 4.39 Å². The average molecular weight is 390 g/mol. The minimum absolute atomic E-state index is 0.316. The van der Waals surface area contributed by atoms with Crippen LogP contribution in [0, 0.1) is 12.7 Å². The van der Waals surface area contributed by atoms with E-state index in [1.165, 1.54) is 12.1 Å². The molecule has 0 aliphatic carbocycles. The highest BCUT2D eigenvalue weighted by Crippen LogP contribution is 2.31. The normalized spacial score (nSPS) is 11.4. The standard InChI is InChI=1S/C21H13ClFN5/c1-12-16-11-24-8-6-19(16)28(27-12)20-10-18(15-9-13(22)4-5-17(15)23)26-21-14(20)3-2-7-25-21/h2-11H,1H3. The topological polar surface area (TPSA) is 56.5 Å². The van der Waals surface area contributed by atoms with Crippen molar-refractivity contribution < 1.29 is 4.39 Å². The van der Waals surface area contributed by atoms with Gasteiger partial charge in [0.15, 0.2) is 5.65 Å². The molecule has 0 atom stereocenters. The second kappa shape index (κ2) is 6.35. The van der Waals surface area contributed by atoms with E-state index in [4.69, 9.17) is 11.6 Å². The monoisotopic (exact) mass is 389 g/mol. The molecule has 0 bridgehead atoms.